The van der Waals surface area contributed by atoms with E-state index in [2.05, 4.69) is 15.6 Å². The Bertz CT molecular complexity index is 521. The van der Waals surface area contributed by atoms with Gasteiger partial charge < -0.3 is 25.0 Å². The summed E-state index contributed by atoms with van der Waals surface area (Å²) in [5.41, 5.74) is 1.17. The fraction of sp³-hybridized carbons (Fsp3) is 0.579. The summed E-state index contributed by atoms with van der Waals surface area (Å²) >= 11 is 0. The van der Waals surface area contributed by atoms with Gasteiger partial charge in [0, 0.05) is 33.8 Å². The Labute approximate surface area is 156 Å². The van der Waals surface area contributed by atoms with E-state index in [9.17, 15) is 4.79 Å². The Hall–Kier alpha value is -2.12. The first-order valence-electron chi connectivity index (χ1n) is 9.05. The molecule has 7 nitrogen and oxygen atoms in total. The lowest BCUT2D eigenvalue weighted by Gasteiger charge is -2.12. The van der Waals surface area contributed by atoms with Crippen LogP contribution in [0.15, 0.2) is 35.3 Å². The highest BCUT2D eigenvalue weighted by molar-refractivity contribution is 5.84. The molecule has 0 aliphatic heterocycles. The molecule has 0 saturated heterocycles. The van der Waals surface area contributed by atoms with Gasteiger partial charge in [-0.25, -0.2) is 4.99 Å². The minimum atomic E-state index is -0.0268. The third-order valence-electron chi connectivity index (χ3n) is 3.46. The minimum Gasteiger partial charge on any atom is -0.379 e. The molecule has 0 saturated carbocycles. The number of carbonyl (C=O) groups excluding carboxylic acids is 1. The lowest BCUT2D eigenvalue weighted by Crippen LogP contribution is -2.39. The van der Waals surface area contributed by atoms with Crippen molar-refractivity contribution in [2.75, 3.05) is 53.6 Å². The highest BCUT2D eigenvalue weighted by Crippen LogP contribution is 1.99. The number of hydrogen-bond acceptors (Lipinski definition) is 4. The number of aliphatic imine (C=N–C) groups is 1. The summed E-state index contributed by atoms with van der Waals surface area (Å²) in [5, 5.41) is 6.31. The van der Waals surface area contributed by atoms with Gasteiger partial charge in [-0.2, -0.15) is 0 Å². The molecule has 0 atom stereocenters. The van der Waals surface area contributed by atoms with Gasteiger partial charge in [-0.15, -0.1) is 0 Å². The summed E-state index contributed by atoms with van der Waals surface area (Å²) in [5.74, 6) is 0.620. The molecule has 7 heteroatoms. The van der Waals surface area contributed by atoms with Crippen LogP contribution in [-0.4, -0.2) is 70.3 Å². The first kappa shape index (κ1) is 21.9. The number of nitrogens with one attached hydrogen (secondary N) is 2. The Balaban J connectivity index is 2.05. The summed E-state index contributed by atoms with van der Waals surface area (Å²) < 4.78 is 11.1. The molecule has 1 aromatic rings. The van der Waals surface area contributed by atoms with E-state index in [4.69, 9.17) is 9.47 Å². The zero-order valence-corrected chi connectivity index (χ0v) is 16.2. The van der Waals surface area contributed by atoms with Gasteiger partial charge in [0.1, 0.15) is 6.54 Å². The van der Waals surface area contributed by atoms with Crippen LogP contribution in [0.1, 0.15) is 18.9 Å². The van der Waals surface area contributed by atoms with E-state index < -0.39 is 0 Å². The van der Waals surface area contributed by atoms with Gasteiger partial charge in [0.25, 0.3) is 0 Å². The Morgan fingerprint density at radius 1 is 1.08 bits per heavy atom. The maximum Gasteiger partial charge on any atom is 0.243 e. The number of benzene rings is 1. The standard InChI is InChI=1S/C19H32N4O3/c1-4-20-19(22-15-18(24)23(2)3)21-11-8-12-25-13-14-26-16-17-9-6-5-7-10-17/h5-7,9-10H,4,8,11-16H2,1-3H3,(H2,20,21,22). The van der Waals surface area contributed by atoms with Crippen LogP contribution in [-0.2, 0) is 20.9 Å². The number of rotatable bonds is 12. The topological polar surface area (TPSA) is 75.2 Å². The van der Waals surface area contributed by atoms with Crippen molar-refractivity contribution in [1.82, 2.24) is 15.5 Å². The summed E-state index contributed by atoms with van der Waals surface area (Å²) in [7, 11) is 3.44. The van der Waals surface area contributed by atoms with E-state index in [1.807, 2.05) is 37.3 Å². The molecule has 26 heavy (non-hydrogen) atoms. The molecule has 2 N–H and O–H groups in total. The number of carbonyl (C=O) groups is 1. The third-order valence-corrected chi connectivity index (χ3v) is 3.46. The smallest absolute Gasteiger partial charge is 0.243 e. The highest BCUT2D eigenvalue weighted by atomic mass is 16.5. The van der Waals surface area contributed by atoms with Crippen molar-refractivity contribution in [3.8, 4) is 0 Å². The molecule has 0 spiro atoms. The lowest BCUT2D eigenvalue weighted by molar-refractivity contribution is -0.127. The molecule has 0 aromatic heterocycles. The molecule has 1 aromatic carbocycles. The van der Waals surface area contributed by atoms with Crippen LogP contribution < -0.4 is 10.6 Å². The molecule has 0 unspecified atom stereocenters. The average Bonchev–Trinajstić information content (AvgIpc) is 2.65. The highest BCUT2D eigenvalue weighted by Gasteiger charge is 2.03. The van der Waals surface area contributed by atoms with E-state index in [0.29, 0.717) is 32.4 Å². The second-order valence-corrected chi connectivity index (χ2v) is 5.91. The van der Waals surface area contributed by atoms with Crippen LogP contribution in [0.3, 0.4) is 0 Å². The van der Waals surface area contributed by atoms with Gasteiger partial charge in [0.15, 0.2) is 5.96 Å². The second kappa shape index (κ2) is 14.1. The zero-order chi connectivity index (χ0) is 19.0. The number of hydrogen-bond donors (Lipinski definition) is 2. The number of amides is 1. The Morgan fingerprint density at radius 2 is 1.81 bits per heavy atom. The van der Waals surface area contributed by atoms with Gasteiger partial charge in [-0.05, 0) is 18.9 Å². The summed E-state index contributed by atoms with van der Waals surface area (Å²) in [4.78, 5) is 17.4. The largest absolute Gasteiger partial charge is 0.379 e. The zero-order valence-electron chi connectivity index (χ0n) is 16.2. The van der Waals surface area contributed by atoms with Gasteiger partial charge in [-0.3, -0.25) is 4.79 Å². The molecule has 0 aliphatic carbocycles. The van der Waals surface area contributed by atoms with Crippen molar-refractivity contribution in [3.05, 3.63) is 35.9 Å². The lowest BCUT2D eigenvalue weighted by atomic mass is 10.2. The molecule has 1 rings (SSSR count). The average molecular weight is 364 g/mol. The van der Waals surface area contributed by atoms with E-state index in [-0.39, 0.29) is 12.5 Å². The maximum absolute atomic E-state index is 11.6. The Kier molecular flexibility index (Phi) is 11.9. The van der Waals surface area contributed by atoms with Gasteiger partial charge in [0.2, 0.25) is 5.91 Å². The van der Waals surface area contributed by atoms with Crippen molar-refractivity contribution in [3.63, 3.8) is 0 Å². The fourth-order valence-electron chi connectivity index (χ4n) is 2.00. The van der Waals surface area contributed by atoms with Crippen LogP contribution in [0.5, 0.6) is 0 Å². The van der Waals surface area contributed by atoms with Crippen molar-refractivity contribution in [2.45, 2.75) is 20.0 Å². The van der Waals surface area contributed by atoms with E-state index in [1.165, 1.54) is 10.5 Å². The summed E-state index contributed by atoms with van der Waals surface area (Å²) in [6.45, 7) is 6.03. The normalized spacial score (nSPS) is 11.3. The van der Waals surface area contributed by atoms with E-state index in [0.717, 1.165) is 19.5 Å². The second-order valence-electron chi connectivity index (χ2n) is 5.91. The minimum absolute atomic E-state index is 0.0268. The number of ether oxygens (including phenoxy) is 2. The summed E-state index contributed by atoms with van der Waals surface area (Å²) in [6, 6.07) is 10.1. The monoisotopic (exact) mass is 364 g/mol. The van der Waals surface area contributed by atoms with Crippen molar-refractivity contribution in [1.29, 1.82) is 0 Å². The van der Waals surface area contributed by atoms with Crippen molar-refractivity contribution >= 4 is 11.9 Å². The van der Waals surface area contributed by atoms with Gasteiger partial charge in [0.05, 0.1) is 19.8 Å². The van der Waals surface area contributed by atoms with Crippen LogP contribution in [0.25, 0.3) is 0 Å². The van der Waals surface area contributed by atoms with Crippen LogP contribution >= 0.6 is 0 Å². The first-order chi connectivity index (χ1) is 12.6. The predicted octanol–water partition coefficient (Wildman–Crippen LogP) is 1.25. The Morgan fingerprint density at radius 3 is 2.50 bits per heavy atom. The number of guanidine groups is 1. The van der Waals surface area contributed by atoms with Crippen LogP contribution in [0.2, 0.25) is 0 Å². The van der Waals surface area contributed by atoms with E-state index in [1.54, 1.807) is 14.1 Å². The van der Waals surface area contributed by atoms with Gasteiger partial charge >= 0.3 is 0 Å². The molecule has 0 aliphatic rings. The number of likely N-dealkylation sites (N-methyl/N-ethyl adjacent to an activating group) is 1. The van der Waals surface area contributed by atoms with Crippen LogP contribution in [0, 0.1) is 0 Å². The summed E-state index contributed by atoms with van der Waals surface area (Å²) in [6.07, 6.45) is 0.852. The molecule has 0 fully saturated rings. The molecular formula is C19H32N4O3. The quantitative estimate of drug-likeness (QED) is 0.332. The van der Waals surface area contributed by atoms with Crippen molar-refractivity contribution < 1.29 is 14.3 Å². The molecule has 0 bridgehead atoms. The SMILES string of the molecule is CCNC(=NCC(=O)N(C)C)NCCCOCCOCc1ccccc1. The van der Waals surface area contributed by atoms with E-state index >= 15 is 0 Å². The first-order valence-corrected chi connectivity index (χ1v) is 9.05. The maximum atomic E-state index is 11.6. The van der Waals surface area contributed by atoms with Crippen molar-refractivity contribution in [2.24, 2.45) is 4.99 Å². The third kappa shape index (κ3) is 10.7. The molecule has 0 heterocycles. The molecular weight excluding hydrogens is 332 g/mol. The fourth-order valence-corrected chi connectivity index (χ4v) is 2.00. The number of nitrogens with zero attached hydrogens (tertiary/aromatic N) is 2. The molecule has 146 valence electrons. The molecule has 1 amide bonds. The van der Waals surface area contributed by atoms with Crippen LogP contribution in [0.4, 0.5) is 0 Å². The van der Waals surface area contributed by atoms with Gasteiger partial charge in [-0.1, -0.05) is 30.3 Å². The molecule has 0 radical (unpaired) electrons. The predicted molar refractivity (Wildman–Crippen MR) is 104 cm³/mol.